The molecule has 0 saturated heterocycles. The van der Waals surface area contributed by atoms with Crippen LogP contribution in [0.1, 0.15) is 31.9 Å². The minimum absolute atomic E-state index is 0.00514. The van der Waals surface area contributed by atoms with Crippen LogP contribution in [0.3, 0.4) is 0 Å². The van der Waals surface area contributed by atoms with E-state index in [0.29, 0.717) is 11.6 Å². The van der Waals surface area contributed by atoms with Crippen LogP contribution in [0.5, 0.6) is 0 Å². The third kappa shape index (κ3) is 3.93. The molecule has 1 aromatic rings. The van der Waals surface area contributed by atoms with E-state index in [1.165, 1.54) is 0 Å². The summed E-state index contributed by atoms with van der Waals surface area (Å²) in [7, 11) is 1.79. The molecule has 0 bridgehead atoms. The smallest absolute Gasteiger partial charge is 0.317 e. The molecule has 0 aliphatic carbocycles. The fourth-order valence-corrected chi connectivity index (χ4v) is 1.72. The first-order valence-corrected chi connectivity index (χ1v) is 6.20. The zero-order valence-corrected chi connectivity index (χ0v) is 11.3. The normalized spacial score (nSPS) is 12.0. The van der Waals surface area contributed by atoms with Gasteiger partial charge in [0.1, 0.15) is 0 Å². The van der Waals surface area contributed by atoms with Crippen molar-refractivity contribution in [3.05, 3.63) is 34.9 Å². The van der Waals surface area contributed by atoms with Crippen LogP contribution in [-0.4, -0.2) is 24.5 Å². The molecule has 1 atom stereocenters. The first-order chi connectivity index (χ1) is 8.06. The quantitative estimate of drug-likeness (QED) is 0.877. The Balaban J connectivity index is 2.69. The van der Waals surface area contributed by atoms with Gasteiger partial charge in [-0.3, -0.25) is 0 Å². The Kier molecular flexibility index (Phi) is 5.29. The van der Waals surface area contributed by atoms with Gasteiger partial charge in [-0.25, -0.2) is 4.79 Å². The van der Waals surface area contributed by atoms with Crippen LogP contribution < -0.4 is 5.32 Å². The van der Waals surface area contributed by atoms with Gasteiger partial charge < -0.3 is 10.2 Å². The average molecular weight is 255 g/mol. The fraction of sp³-hybridized carbons (Fsp3) is 0.462. The monoisotopic (exact) mass is 254 g/mol. The number of carbonyl (C=O) groups excluding carboxylic acids is 1. The minimum Gasteiger partial charge on any atom is -0.338 e. The van der Waals surface area contributed by atoms with Crippen molar-refractivity contribution in [2.45, 2.75) is 26.3 Å². The molecular weight excluding hydrogens is 236 g/mol. The third-order valence-electron chi connectivity index (χ3n) is 2.76. The Labute approximate surface area is 108 Å². The van der Waals surface area contributed by atoms with E-state index in [1.807, 2.05) is 38.1 Å². The van der Waals surface area contributed by atoms with E-state index in [1.54, 1.807) is 11.9 Å². The summed E-state index contributed by atoms with van der Waals surface area (Å²) in [5, 5.41) is 3.54. The van der Waals surface area contributed by atoms with Gasteiger partial charge in [-0.05, 0) is 31.0 Å². The second-order valence-electron chi connectivity index (χ2n) is 4.07. The molecule has 17 heavy (non-hydrogen) atoms. The number of nitrogens with one attached hydrogen (secondary N) is 1. The number of amides is 2. The van der Waals surface area contributed by atoms with Crippen LogP contribution in [0.4, 0.5) is 4.79 Å². The molecule has 0 fully saturated rings. The predicted octanol–water partition coefficient (Wildman–Crippen LogP) is 3.45. The van der Waals surface area contributed by atoms with E-state index in [4.69, 9.17) is 11.6 Å². The van der Waals surface area contributed by atoms with Crippen molar-refractivity contribution in [2.24, 2.45) is 0 Å². The molecule has 1 aromatic carbocycles. The molecule has 1 unspecified atom stereocenters. The average Bonchev–Trinajstić information content (AvgIpc) is 2.34. The highest BCUT2D eigenvalue weighted by molar-refractivity contribution is 6.30. The van der Waals surface area contributed by atoms with Crippen molar-refractivity contribution in [1.29, 1.82) is 0 Å². The van der Waals surface area contributed by atoms with Crippen LogP contribution in [0.15, 0.2) is 24.3 Å². The summed E-state index contributed by atoms with van der Waals surface area (Å²) in [6, 6.07) is 7.53. The van der Waals surface area contributed by atoms with Crippen LogP contribution in [0.25, 0.3) is 0 Å². The molecule has 4 heteroatoms. The molecule has 94 valence electrons. The van der Waals surface area contributed by atoms with E-state index in [9.17, 15) is 4.79 Å². The topological polar surface area (TPSA) is 32.3 Å². The van der Waals surface area contributed by atoms with E-state index in [2.05, 4.69) is 5.32 Å². The molecule has 3 nitrogen and oxygen atoms in total. The Morgan fingerprint density at radius 2 is 2.24 bits per heavy atom. The van der Waals surface area contributed by atoms with Gasteiger partial charge in [0.15, 0.2) is 0 Å². The summed E-state index contributed by atoms with van der Waals surface area (Å²) < 4.78 is 0. The van der Waals surface area contributed by atoms with Crippen LogP contribution in [0.2, 0.25) is 5.02 Å². The van der Waals surface area contributed by atoms with Crippen molar-refractivity contribution >= 4 is 17.6 Å². The Bertz CT molecular complexity index is 381. The zero-order valence-electron chi connectivity index (χ0n) is 10.5. The van der Waals surface area contributed by atoms with Gasteiger partial charge in [0, 0.05) is 18.6 Å². The summed E-state index contributed by atoms with van der Waals surface area (Å²) in [6.07, 6.45) is 0.936. The Morgan fingerprint density at radius 3 is 2.82 bits per heavy atom. The van der Waals surface area contributed by atoms with Gasteiger partial charge in [0.25, 0.3) is 0 Å². The minimum atomic E-state index is -0.0562. The van der Waals surface area contributed by atoms with Crippen molar-refractivity contribution in [1.82, 2.24) is 10.2 Å². The highest BCUT2D eigenvalue weighted by atomic mass is 35.5. The summed E-state index contributed by atoms with van der Waals surface area (Å²) in [6.45, 7) is 4.71. The van der Waals surface area contributed by atoms with Crippen LogP contribution in [-0.2, 0) is 0 Å². The fourth-order valence-electron chi connectivity index (χ4n) is 1.52. The number of urea groups is 1. The summed E-state index contributed by atoms with van der Waals surface area (Å²) in [5.41, 5.74) is 1.03. The second kappa shape index (κ2) is 6.50. The standard InChI is InChI=1S/C13H19ClN2O/c1-4-8-15-13(17)16(3)10(2)11-6-5-7-12(14)9-11/h5-7,9-10H,4,8H2,1-3H3,(H,15,17). The molecule has 0 aromatic heterocycles. The number of nitrogens with zero attached hydrogens (tertiary/aromatic N) is 1. The molecule has 0 saturated carbocycles. The number of rotatable bonds is 4. The number of carbonyl (C=O) groups is 1. The summed E-state index contributed by atoms with van der Waals surface area (Å²) >= 11 is 5.94. The van der Waals surface area contributed by atoms with Gasteiger partial charge in [-0.2, -0.15) is 0 Å². The van der Waals surface area contributed by atoms with Gasteiger partial charge in [0.05, 0.1) is 6.04 Å². The van der Waals surface area contributed by atoms with E-state index >= 15 is 0 Å². The Morgan fingerprint density at radius 1 is 1.53 bits per heavy atom. The van der Waals surface area contributed by atoms with Crippen molar-refractivity contribution in [3.8, 4) is 0 Å². The molecule has 1 N–H and O–H groups in total. The number of benzene rings is 1. The SMILES string of the molecule is CCCNC(=O)N(C)C(C)c1cccc(Cl)c1. The second-order valence-corrected chi connectivity index (χ2v) is 4.51. The van der Waals surface area contributed by atoms with Crippen LogP contribution in [0, 0.1) is 0 Å². The van der Waals surface area contributed by atoms with Gasteiger partial charge in [-0.15, -0.1) is 0 Å². The number of hydrogen-bond donors (Lipinski definition) is 1. The largest absolute Gasteiger partial charge is 0.338 e. The molecule has 2 amide bonds. The van der Waals surface area contributed by atoms with Crippen LogP contribution >= 0.6 is 11.6 Å². The van der Waals surface area contributed by atoms with Gasteiger partial charge >= 0.3 is 6.03 Å². The molecule has 0 radical (unpaired) electrons. The summed E-state index contributed by atoms with van der Waals surface area (Å²) in [4.78, 5) is 13.5. The highest BCUT2D eigenvalue weighted by Crippen LogP contribution is 2.21. The van der Waals surface area contributed by atoms with Gasteiger partial charge in [-0.1, -0.05) is 30.7 Å². The maximum Gasteiger partial charge on any atom is 0.317 e. The van der Waals surface area contributed by atoms with E-state index < -0.39 is 0 Å². The zero-order chi connectivity index (χ0) is 12.8. The lowest BCUT2D eigenvalue weighted by atomic mass is 10.1. The number of halogens is 1. The van der Waals surface area contributed by atoms with Gasteiger partial charge in [0.2, 0.25) is 0 Å². The predicted molar refractivity (Wildman–Crippen MR) is 71.3 cm³/mol. The highest BCUT2D eigenvalue weighted by Gasteiger charge is 2.16. The van der Waals surface area contributed by atoms with E-state index in [0.717, 1.165) is 12.0 Å². The summed E-state index contributed by atoms with van der Waals surface area (Å²) in [5.74, 6) is 0. The molecular formula is C13H19ClN2O. The van der Waals surface area contributed by atoms with E-state index in [-0.39, 0.29) is 12.1 Å². The molecule has 0 aliphatic rings. The lowest BCUT2D eigenvalue weighted by Crippen LogP contribution is -2.39. The first kappa shape index (κ1) is 13.8. The lowest BCUT2D eigenvalue weighted by Gasteiger charge is -2.25. The van der Waals surface area contributed by atoms with Crippen molar-refractivity contribution < 1.29 is 4.79 Å². The maximum atomic E-state index is 11.8. The maximum absolute atomic E-state index is 11.8. The van der Waals surface area contributed by atoms with Crippen molar-refractivity contribution in [3.63, 3.8) is 0 Å². The molecule has 0 heterocycles. The molecule has 1 rings (SSSR count). The van der Waals surface area contributed by atoms with Crippen molar-refractivity contribution in [2.75, 3.05) is 13.6 Å². The Hall–Kier alpha value is -1.22. The lowest BCUT2D eigenvalue weighted by molar-refractivity contribution is 0.194. The molecule has 0 spiro atoms. The number of hydrogen-bond acceptors (Lipinski definition) is 1. The third-order valence-corrected chi connectivity index (χ3v) is 2.99. The first-order valence-electron chi connectivity index (χ1n) is 5.82. The molecule has 0 aliphatic heterocycles.